The topological polar surface area (TPSA) is 48.0 Å². The summed E-state index contributed by atoms with van der Waals surface area (Å²) in [7, 11) is -1.46. The molecule has 0 radical (unpaired) electrons. The third kappa shape index (κ3) is 4.56. The van der Waals surface area contributed by atoms with Gasteiger partial charge in [-0.1, -0.05) is 140 Å². The number of pyridine rings is 1. The van der Waals surface area contributed by atoms with Crippen LogP contribution in [0.1, 0.15) is 5.56 Å². The summed E-state index contributed by atoms with van der Waals surface area (Å²) < 4.78 is 4.56. The Morgan fingerprint density at radius 1 is 0.490 bits per heavy atom. The second kappa shape index (κ2) is 10.9. The van der Waals surface area contributed by atoms with Crippen molar-refractivity contribution >= 4 is 73.4 Å². The third-order valence-corrected chi connectivity index (χ3v) is 12.4. The van der Waals surface area contributed by atoms with Gasteiger partial charge < -0.3 is 0 Å². The van der Waals surface area contributed by atoms with Crippen molar-refractivity contribution in [2.75, 3.05) is 0 Å². The van der Waals surface area contributed by atoms with Crippen LogP contribution in [0.5, 0.6) is 0 Å². The average Bonchev–Trinajstić information content (AvgIpc) is 3.72. The molecule has 244 valence electrons. The summed E-state index contributed by atoms with van der Waals surface area (Å²) in [5, 5.41) is 7.24. The minimum absolute atomic E-state index is 0.628. The molecule has 51 heavy (non-hydrogen) atoms. The number of hydrogen-bond donors (Lipinski definition) is 0. The van der Waals surface area contributed by atoms with Crippen LogP contribution in [0.4, 0.5) is 0 Å². The highest BCUT2D eigenvalue weighted by atomic mass is 28.3. The van der Waals surface area contributed by atoms with Crippen molar-refractivity contribution in [2.45, 2.75) is 26.6 Å². The highest BCUT2D eigenvalue weighted by molar-refractivity contribution is 6.88. The van der Waals surface area contributed by atoms with Gasteiger partial charge in [-0.2, -0.15) is 0 Å². The van der Waals surface area contributed by atoms with Crippen LogP contribution in [0.25, 0.3) is 88.6 Å². The molecular weight excluding hydrogens is 639 g/mol. The highest BCUT2D eigenvalue weighted by Gasteiger charge is 2.23. The molecule has 0 atom stereocenters. The van der Waals surface area contributed by atoms with E-state index in [4.69, 9.17) is 15.0 Å². The summed E-state index contributed by atoms with van der Waals surface area (Å²) >= 11 is 0. The van der Waals surface area contributed by atoms with E-state index in [0.29, 0.717) is 5.95 Å². The van der Waals surface area contributed by atoms with Gasteiger partial charge in [0.25, 0.3) is 0 Å². The van der Waals surface area contributed by atoms with Crippen molar-refractivity contribution in [3.05, 3.63) is 145 Å². The van der Waals surface area contributed by atoms with Gasteiger partial charge in [0.1, 0.15) is 11.2 Å². The first-order chi connectivity index (χ1) is 24.8. The molecule has 0 saturated carbocycles. The SMILES string of the molecule is Cc1ccc(-c2cc(-c3ccc([Si](C)(C)C)cc3)nc(-n3c4ccccc4c4ccc5c(nc6c7ccccc7c7ccccc7n56)c43)n2)cc1. The standard InChI is InChI=1S/C45H35N5Si/c1-28-17-19-29(20-18-28)37-27-38(30-21-23-31(24-22-30)51(2,3)4)47-45(46-37)50-40-16-10-8-13-34(40)35-25-26-41-42(43(35)50)48-44-36-14-6-5-11-32(36)33-12-7-9-15-39(33)49(41)44/h5-27H,1-4H3. The van der Waals surface area contributed by atoms with Crippen LogP contribution in [0.15, 0.2) is 140 Å². The van der Waals surface area contributed by atoms with Crippen molar-refractivity contribution < 1.29 is 0 Å². The minimum atomic E-state index is -1.46. The second-order valence-corrected chi connectivity index (χ2v) is 19.7. The molecule has 0 unspecified atom stereocenters. The summed E-state index contributed by atoms with van der Waals surface area (Å²) in [6.07, 6.45) is 0. The van der Waals surface area contributed by atoms with E-state index in [1.165, 1.54) is 21.5 Å². The van der Waals surface area contributed by atoms with Gasteiger partial charge >= 0.3 is 0 Å². The number of para-hydroxylation sites is 2. The molecule has 4 heterocycles. The molecule has 0 amide bonds. The van der Waals surface area contributed by atoms with Crippen molar-refractivity contribution in [1.29, 1.82) is 0 Å². The molecule has 0 saturated heterocycles. The van der Waals surface area contributed by atoms with Gasteiger partial charge in [0.2, 0.25) is 5.95 Å². The first-order valence-electron chi connectivity index (χ1n) is 17.5. The molecular formula is C45H35N5Si. The molecule has 0 aliphatic heterocycles. The van der Waals surface area contributed by atoms with E-state index < -0.39 is 8.07 Å². The maximum atomic E-state index is 5.50. The number of rotatable bonds is 4. The predicted octanol–water partition coefficient (Wildman–Crippen LogP) is 10.9. The van der Waals surface area contributed by atoms with Gasteiger partial charge in [0, 0.05) is 32.7 Å². The monoisotopic (exact) mass is 673 g/mol. The summed E-state index contributed by atoms with van der Waals surface area (Å²) in [6, 6.07) is 50.0. The lowest BCUT2D eigenvalue weighted by atomic mass is 10.1. The van der Waals surface area contributed by atoms with E-state index in [0.717, 1.165) is 71.9 Å². The zero-order valence-corrected chi connectivity index (χ0v) is 30.0. The number of fused-ring (bicyclic) bond motifs is 12. The van der Waals surface area contributed by atoms with E-state index in [2.05, 4.69) is 175 Å². The van der Waals surface area contributed by atoms with Crippen LogP contribution in [0.2, 0.25) is 19.6 Å². The van der Waals surface area contributed by atoms with Gasteiger partial charge in [-0.05, 0) is 42.6 Å². The maximum Gasteiger partial charge on any atom is 0.235 e. The number of hydrogen-bond acceptors (Lipinski definition) is 3. The Morgan fingerprint density at radius 2 is 1.06 bits per heavy atom. The van der Waals surface area contributed by atoms with E-state index in [9.17, 15) is 0 Å². The van der Waals surface area contributed by atoms with Gasteiger partial charge in [-0.15, -0.1) is 0 Å². The second-order valence-electron chi connectivity index (χ2n) is 14.6. The number of aromatic nitrogens is 5. The van der Waals surface area contributed by atoms with Crippen molar-refractivity contribution in [2.24, 2.45) is 0 Å². The van der Waals surface area contributed by atoms with E-state index in [1.807, 2.05) is 0 Å². The molecule has 5 nitrogen and oxygen atoms in total. The van der Waals surface area contributed by atoms with Crippen LogP contribution in [-0.2, 0) is 0 Å². The molecule has 0 bridgehead atoms. The number of benzene rings is 6. The number of imidazole rings is 1. The van der Waals surface area contributed by atoms with Gasteiger partial charge in [0.15, 0.2) is 0 Å². The summed E-state index contributed by atoms with van der Waals surface area (Å²) in [4.78, 5) is 16.2. The molecule has 0 N–H and O–H groups in total. The Morgan fingerprint density at radius 3 is 1.73 bits per heavy atom. The van der Waals surface area contributed by atoms with E-state index in [1.54, 1.807) is 0 Å². The Hall–Kier alpha value is -6.11. The highest BCUT2D eigenvalue weighted by Crippen LogP contribution is 2.39. The molecule has 4 aromatic heterocycles. The Balaban J connectivity index is 1.33. The van der Waals surface area contributed by atoms with Gasteiger partial charge in [-0.3, -0.25) is 8.97 Å². The number of aryl methyl sites for hydroxylation is 1. The molecule has 10 aromatic rings. The summed E-state index contributed by atoms with van der Waals surface area (Å²) in [5.41, 5.74) is 11.2. The fourth-order valence-electron chi connectivity index (χ4n) is 7.73. The Labute approximate surface area is 296 Å². The lowest BCUT2D eigenvalue weighted by molar-refractivity contribution is 0.997. The van der Waals surface area contributed by atoms with Crippen LogP contribution in [-0.4, -0.2) is 32.0 Å². The van der Waals surface area contributed by atoms with E-state index in [-0.39, 0.29) is 0 Å². The molecule has 0 aliphatic rings. The fourth-order valence-corrected chi connectivity index (χ4v) is 8.89. The molecule has 6 aromatic carbocycles. The average molecular weight is 674 g/mol. The van der Waals surface area contributed by atoms with Crippen LogP contribution >= 0.6 is 0 Å². The fraction of sp³-hybridized carbons (Fsp3) is 0.0889. The lowest BCUT2D eigenvalue weighted by Crippen LogP contribution is -2.37. The van der Waals surface area contributed by atoms with Crippen molar-refractivity contribution in [1.82, 2.24) is 23.9 Å². The van der Waals surface area contributed by atoms with Crippen molar-refractivity contribution in [3.8, 4) is 28.5 Å². The zero-order valence-electron chi connectivity index (χ0n) is 29.0. The first-order valence-corrected chi connectivity index (χ1v) is 21.0. The quantitative estimate of drug-likeness (QED) is 0.138. The Bertz CT molecular complexity index is 3000. The first kappa shape index (κ1) is 29.8. The maximum absolute atomic E-state index is 5.50. The molecule has 10 rings (SSSR count). The van der Waals surface area contributed by atoms with Gasteiger partial charge in [0.05, 0.1) is 41.5 Å². The summed E-state index contributed by atoms with van der Waals surface area (Å²) in [5.74, 6) is 0.628. The van der Waals surface area contributed by atoms with Gasteiger partial charge in [-0.25, -0.2) is 15.0 Å². The minimum Gasteiger partial charge on any atom is -0.292 e. The molecule has 6 heteroatoms. The number of nitrogens with zero attached hydrogens (tertiary/aromatic N) is 5. The molecule has 0 aliphatic carbocycles. The van der Waals surface area contributed by atoms with Crippen LogP contribution in [0, 0.1) is 6.92 Å². The van der Waals surface area contributed by atoms with Crippen LogP contribution in [0.3, 0.4) is 0 Å². The zero-order chi connectivity index (χ0) is 34.4. The largest absolute Gasteiger partial charge is 0.292 e. The smallest absolute Gasteiger partial charge is 0.235 e. The lowest BCUT2D eigenvalue weighted by Gasteiger charge is -2.17. The summed E-state index contributed by atoms with van der Waals surface area (Å²) in [6.45, 7) is 9.27. The van der Waals surface area contributed by atoms with Crippen LogP contribution < -0.4 is 5.19 Å². The van der Waals surface area contributed by atoms with E-state index >= 15 is 0 Å². The van der Waals surface area contributed by atoms with Crippen molar-refractivity contribution in [3.63, 3.8) is 0 Å². The molecule has 0 spiro atoms. The third-order valence-electron chi connectivity index (χ3n) is 10.4. The Kier molecular flexibility index (Phi) is 6.39. The normalized spacial score (nSPS) is 12.3. The predicted molar refractivity (Wildman–Crippen MR) is 216 cm³/mol. The molecule has 0 fully saturated rings.